The molecule has 0 heterocycles. The molecule has 1 nitrogen and oxygen atoms in total. The van der Waals surface area contributed by atoms with Crippen molar-refractivity contribution < 1.29 is 22.4 Å². The van der Waals surface area contributed by atoms with E-state index in [0.717, 1.165) is 0 Å². The van der Waals surface area contributed by atoms with Crippen LogP contribution in [-0.4, -0.2) is 5.78 Å². The van der Waals surface area contributed by atoms with Gasteiger partial charge in [-0.2, -0.15) is 13.2 Å². The maximum Gasteiger partial charge on any atom is 0.416 e. The van der Waals surface area contributed by atoms with Gasteiger partial charge in [0.05, 0.1) is 11.1 Å². The molecule has 1 aromatic carbocycles. The van der Waals surface area contributed by atoms with E-state index in [4.69, 9.17) is 0 Å². The molecule has 0 bridgehead atoms. The summed E-state index contributed by atoms with van der Waals surface area (Å²) in [4.78, 5) is 11.8. The summed E-state index contributed by atoms with van der Waals surface area (Å²) in [5.41, 5.74) is -1.48. The number of hydrogen-bond donors (Lipinski definition) is 0. The van der Waals surface area contributed by atoms with Crippen molar-refractivity contribution in [1.29, 1.82) is 0 Å². The molecule has 1 aromatic rings. The molecule has 1 atom stereocenters. The lowest BCUT2D eigenvalue weighted by atomic mass is 9.94. The van der Waals surface area contributed by atoms with Crippen LogP contribution >= 0.6 is 0 Å². The van der Waals surface area contributed by atoms with Crippen molar-refractivity contribution in [2.45, 2.75) is 32.9 Å². The molecule has 0 aliphatic carbocycles. The number of halogens is 4. The Bertz CT molecular complexity index is 437. The minimum atomic E-state index is -4.57. The van der Waals surface area contributed by atoms with E-state index in [1.807, 2.05) is 6.92 Å². The van der Waals surface area contributed by atoms with Crippen molar-refractivity contribution in [1.82, 2.24) is 0 Å². The highest BCUT2D eigenvalue weighted by Crippen LogP contribution is 2.31. The highest BCUT2D eigenvalue weighted by atomic mass is 19.4. The van der Waals surface area contributed by atoms with E-state index in [1.54, 1.807) is 6.92 Å². The molecular formula is C13H14F4O. The number of ketones is 1. The molecule has 0 spiro atoms. The van der Waals surface area contributed by atoms with Gasteiger partial charge in [0.1, 0.15) is 5.82 Å². The molecule has 0 aliphatic heterocycles. The number of alkyl halides is 3. The molecule has 1 unspecified atom stereocenters. The second-order valence-electron chi connectivity index (χ2n) is 4.25. The average molecular weight is 262 g/mol. The van der Waals surface area contributed by atoms with Crippen molar-refractivity contribution in [3.05, 3.63) is 35.1 Å². The fourth-order valence-electron chi connectivity index (χ4n) is 1.72. The van der Waals surface area contributed by atoms with Crippen LogP contribution in [-0.2, 0) is 6.18 Å². The van der Waals surface area contributed by atoms with Crippen LogP contribution in [0.3, 0.4) is 0 Å². The van der Waals surface area contributed by atoms with Crippen LogP contribution < -0.4 is 0 Å². The third kappa shape index (κ3) is 3.31. The number of carbonyl (C=O) groups excluding carboxylic acids is 1. The first-order valence-electron chi connectivity index (χ1n) is 5.68. The molecule has 0 radical (unpaired) electrons. The number of rotatable bonds is 4. The summed E-state index contributed by atoms with van der Waals surface area (Å²) in [5, 5.41) is 0. The molecule has 0 amide bonds. The van der Waals surface area contributed by atoms with E-state index in [2.05, 4.69) is 0 Å². The Balaban J connectivity index is 3.12. The van der Waals surface area contributed by atoms with Gasteiger partial charge in [-0.05, 0) is 24.6 Å². The van der Waals surface area contributed by atoms with Crippen molar-refractivity contribution in [3.8, 4) is 0 Å². The Hall–Kier alpha value is -1.39. The summed E-state index contributed by atoms with van der Waals surface area (Å²) in [6.45, 7) is 3.44. The monoisotopic (exact) mass is 262 g/mol. The van der Waals surface area contributed by atoms with Gasteiger partial charge >= 0.3 is 6.18 Å². The molecule has 0 N–H and O–H groups in total. The topological polar surface area (TPSA) is 17.1 Å². The van der Waals surface area contributed by atoms with Gasteiger partial charge in [-0.1, -0.05) is 20.3 Å². The molecule has 0 aliphatic rings. The summed E-state index contributed by atoms with van der Waals surface area (Å²) in [6, 6.07) is 1.91. The Morgan fingerprint density at radius 1 is 1.33 bits per heavy atom. The van der Waals surface area contributed by atoms with Crippen molar-refractivity contribution in [3.63, 3.8) is 0 Å². The van der Waals surface area contributed by atoms with E-state index in [0.29, 0.717) is 31.0 Å². The predicted octanol–water partition coefficient (Wildman–Crippen LogP) is 4.46. The minimum absolute atomic E-state index is 0.479. The van der Waals surface area contributed by atoms with Crippen molar-refractivity contribution >= 4 is 5.78 Å². The zero-order valence-electron chi connectivity index (χ0n) is 10.1. The SMILES string of the molecule is CCCC(C)C(=O)c1cc(C(F)(F)F)ccc1F. The summed E-state index contributed by atoms with van der Waals surface area (Å²) in [6.07, 6.45) is -3.33. The average Bonchev–Trinajstić information content (AvgIpc) is 2.27. The second kappa shape index (κ2) is 5.50. The van der Waals surface area contributed by atoms with E-state index >= 15 is 0 Å². The van der Waals surface area contributed by atoms with Crippen LogP contribution in [0.4, 0.5) is 17.6 Å². The van der Waals surface area contributed by atoms with Gasteiger partial charge in [0.25, 0.3) is 0 Å². The smallest absolute Gasteiger partial charge is 0.294 e. The van der Waals surface area contributed by atoms with E-state index < -0.39 is 34.8 Å². The summed E-state index contributed by atoms with van der Waals surface area (Å²) in [7, 11) is 0. The van der Waals surface area contributed by atoms with E-state index in [-0.39, 0.29) is 0 Å². The predicted molar refractivity (Wildman–Crippen MR) is 59.8 cm³/mol. The van der Waals surface area contributed by atoms with Crippen LogP contribution in [0, 0.1) is 11.7 Å². The van der Waals surface area contributed by atoms with Gasteiger partial charge in [0.2, 0.25) is 0 Å². The number of benzene rings is 1. The molecule has 0 aromatic heterocycles. The zero-order valence-corrected chi connectivity index (χ0v) is 10.1. The largest absolute Gasteiger partial charge is 0.416 e. The van der Waals surface area contributed by atoms with Gasteiger partial charge in [0.15, 0.2) is 5.78 Å². The number of hydrogen-bond acceptors (Lipinski definition) is 1. The fourth-order valence-corrected chi connectivity index (χ4v) is 1.72. The highest BCUT2D eigenvalue weighted by Gasteiger charge is 2.32. The molecule has 0 saturated heterocycles. The van der Waals surface area contributed by atoms with Crippen LogP contribution in [0.1, 0.15) is 42.6 Å². The third-order valence-corrected chi connectivity index (χ3v) is 2.73. The lowest BCUT2D eigenvalue weighted by Gasteiger charge is -2.12. The molecule has 5 heteroatoms. The summed E-state index contributed by atoms with van der Waals surface area (Å²) in [5.74, 6) is -1.97. The molecule has 18 heavy (non-hydrogen) atoms. The molecule has 1 rings (SSSR count). The van der Waals surface area contributed by atoms with E-state index in [9.17, 15) is 22.4 Å². The fraction of sp³-hybridized carbons (Fsp3) is 0.462. The summed E-state index contributed by atoms with van der Waals surface area (Å²) >= 11 is 0. The van der Waals surface area contributed by atoms with Gasteiger partial charge in [-0.25, -0.2) is 4.39 Å². The van der Waals surface area contributed by atoms with Crippen LogP contribution in [0.2, 0.25) is 0 Å². The molecule has 0 saturated carbocycles. The highest BCUT2D eigenvalue weighted by molar-refractivity contribution is 5.98. The van der Waals surface area contributed by atoms with Gasteiger partial charge < -0.3 is 0 Å². The first-order chi connectivity index (χ1) is 8.27. The Morgan fingerprint density at radius 2 is 1.94 bits per heavy atom. The Kier molecular flexibility index (Phi) is 4.48. The first kappa shape index (κ1) is 14.7. The standard InChI is InChI=1S/C13H14F4O/c1-3-4-8(2)12(18)10-7-9(13(15,16)17)5-6-11(10)14/h5-8H,3-4H2,1-2H3. The normalized spacial score (nSPS) is 13.4. The number of carbonyl (C=O) groups is 1. The maximum absolute atomic E-state index is 13.4. The van der Waals surface area contributed by atoms with Gasteiger partial charge in [-0.3, -0.25) is 4.79 Å². The Morgan fingerprint density at radius 3 is 2.44 bits per heavy atom. The lowest BCUT2D eigenvalue weighted by Crippen LogP contribution is -2.15. The quantitative estimate of drug-likeness (QED) is 0.578. The van der Waals surface area contributed by atoms with Crippen LogP contribution in [0.15, 0.2) is 18.2 Å². The van der Waals surface area contributed by atoms with Crippen LogP contribution in [0.25, 0.3) is 0 Å². The molecule has 100 valence electrons. The first-order valence-corrected chi connectivity index (χ1v) is 5.68. The summed E-state index contributed by atoms with van der Waals surface area (Å²) < 4.78 is 50.9. The molecular weight excluding hydrogens is 248 g/mol. The minimum Gasteiger partial charge on any atom is -0.294 e. The zero-order chi connectivity index (χ0) is 13.9. The second-order valence-corrected chi connectivity index (χ2v) is 4.25. The van der Waals surface area contributed by atoms with Crippen molar-refractivity contribution in [2.75, 3.05) is 0 Å². The Labute approximate surface area is 103 Å². The lowest BCUT2D eigenvalue weighted by molar-refractivity contribution is -0.137. The van der Waals surface area contributed by atoms with Gasteiger partial charge in [-0.15, -0.1) is 0 Å². The third-order valence-electron chi connectivity index (χ3n) is 2.73. The van der Waals surface area contributed by atoms with Gasteiger partial charge in [0, 0.05) is 5.92 Å². The van der Waals surface area contributed by atoms with Crippen molar-refractivity contribution in [2.24, 2.45) is 5.92 Å². The van der Waals surface area contributed by atoms with E-state index in [1.165, 1.54) is 0 Å². The maximum atomic E-state index is 13.4. The number of Topliss-reactive ketones (excluding diaryl/α,β-unsaturated/α-hetero) is 1. The molecule has 0 fully saturated rings. The van der Waals surface area contributed by atoms with Crippen LogP contribution in [0.5, 0.6) is 0 Å².